The van der Waals surface area contributed by atoms with Gasteiger partial charge < -0.3 is 14.7 Å². The van der Waals surface area contributed by atoms with Gasteiger partial charge in [0, 0.05) is 13.6 Å². The molecule has 7 nitrogen and oxygen atoms in total. The molecule has 1 N–H and O–H groups in total. The van der Waals surface area contributed by atoms with E-state index >= 15 is 0 Å². The molecular weight excluding hydrogens is 408 g/mol. The molecule has 0 aliphatic carbocycles. The van der Waals surface area contributed by atoms with Crippen LogP contribution in [0.5, 0.6) is 0 Å². The predicted octanol–water partition coefficient (Wildman–Crippen LogP) is 4.80. The van der Waals surface area contributed by atoms with Crippen molar-refractivity contribution in [3.05, 3.63) is 35.9 Å². The van der Waals surface area contributed by atoms with Gasteiger partial charge in [-0.15, -0.1) is 0 Å². The van der Waals surface area contributed by atoms with Crippen molar-refractivity contribution in [2.24, 2.45) is 11.8 Å². The number of hydrogen-bond acceptors (Lipinski definition) is 4. The summed E-state index contributed by atoms with van der Waals surface area (Å²) in [6.45, 7) is 10.4. The van der Waals surface area contributed by atoms with Crippen LogP contribution in [0.15, 0.2) is 30.3 Å². The molecule has 7 heteroatoms. The Labute approximate surface area is 192 Å². The molecule has 0 heterocycles. The highest BCUT2D eigenvalue weighted by Crippen LogP contribution is 2.21. The Morgan fingerprint density at radius 2 is 1.53 bits per heavy atom. The smallest absolute Gasteiger partial charge is 0.407 e. The number of likely N-dealkylation sites (N-methyl/N-ethyl adjacent to an activating group) is 1. The second-order valence-corrected chi connectivity index (χ2v) is 9.16. The molecule has 0 aromatic heterocycles. The lowest BCUT2D eigenvalue weighted by Crippen LogP contribution is -2.55. The fourth-order valence-electron chi connectivity index (χ4n) is 3.57. The van der Waals surface area contributed by atoms with Gasteiger partial charge in [0.25, 0.3) is 0 Å². The van der Waals surface area contributed by atoms with Crippen LogP contribution >= 0.6 is 0 Å². The Bertz CT molecular complexity index is 720. The SMILES string of the molecule is CCCCN(C(=O)[C@H](CC(C)C)N(C)C(=O)O)[C@@H](CC(C)C)C(=O)OCc1ccccc1. The number of nitrogens with zero attached hydrogens (tertiary/aromatic N) is 2. The van der Waals surface area contributed by atoms with Crippen LogP contribution in [0.1, 0.15) is 65.9 Å². The molecule has 180 valence electrons. The molecule has 1 aromatic carbocycles. The number of unbranched alkanes of at least 4 members (excludes halogenated alkanes) is 1. The average Bonchev–Trinajstić information content (AvgIpc) is 2.74. The van der Waals surface area contributed by atoms with Crippen LogP contribution in [0.3, 0.4) is 0 Å². The largest absolute Gasteiger partial charge is 0.465 e. The van der Waals surface area contributed by atoms with Crippen molar-refractivity contribution >= 4 is 18.0 Å². The molecule has 0 fully saturated rings. The van der Waals surface area contributed by atoms with Crippen molar-refractivity contribution < 1.29 is 24.2 Å². The Balaban J connectivity index is 3.20. The summed E-state index contributed by atoms with van der Waals surface area (Å²) >= 11 is 0. The number of amides is 2. The van der Waals surface area contributed by atoms with Crippen LogP contribution in [0, 0.1) is 11.8 Å². The third-order valence-corrected chi connectivity index (χ3v) is 5.35. The molecule has 1 rings (SSSR count). The van der Waals surface area contributed by atoms with E-state index < -0.39 is 24.1 Å². The zero-order valence-corrected chi connectivity index (χ0v) is 20.4. The van der Waals surface area contributed by atoms with E-state index in [1.54, 1.807) is 4.90 Å². The van der Waals surface area contributed by atoms with Gasteiger partial charge in [0.15, 0.2) is 0 Å². The van der Waals surface area contributed by atoms with Gasteiger partial charge in [-0.3, -0.25) is 9.69 Å². The number of carbonyl (C=O) groups is 3. The van der Waals surface area contributed by atoms with Crippen LogP contribution in [0.4, 0.5) is 4.79 Å². The van der Waals surface area contributed by atoms with Crippen LogP contribution in [0.25, 0.3) is 0 Å². The van der Waals surface area contributed by atoms with Crippen LogP contribution in [0.2, 0.25) is 0 Å². The van der Waals surface area contributed by atoms with Crippen molar-refractivity contribution in [2.75, 3.05) is 13.6 Å². The van der Waals surface area contributed by atoms with E-state index in [9.17, 15) is 19.5 Å². The summed E-state index contributed by atoms with van der Waals surface area (Å²) in [5.41, 5.74) is 0.874. The van der Waals surface area contributed by atoms with E-state index in [0.717, 1.165) is 23.3 Å². The van der Waals surface area contributed by atoms with E-state index in [2.05, 4.69) is 0 Å². The summed E-state index contributed by atoms with van der Waals surface area (Å²) in [5, 5.41) is 9.54. The van der Waals surface area contributed by atoms with Gasteiger partial charge in [-0.25, -0.2) is 9.59 Å². The van der Waals surface area contributed by atoms with E-state index in [0.29, 0.717) is 19.4 Å². The van der Waals surface area contributed by atoms with E-state index in [1.165, 1.54) is 7.05 Å². The maximum atomic E-state index is 13.6. The Kier molecular flexibility index (Phi) is 11.8. The van der Waals surface area contributed by atoms with Crippen LogP contribution in [-0.4, -0.2) is 58.6 Å². The summed E-state index contributed by atoms with van der Waals surface area (Å²) in [7, 11) is 1.41. The zero-order chi connectivity index (χ0) is 24.3. The highest BCUT2D eigenvalue weighted by Gasteiger charge is 2.37. The van der Waals surface area contributed by atoms with Crippen molar-refractivity contribution in [1.82, 2.24) is 9.80 Å². The standard InChI is InChI=1S/C25H40N2O5/c1-7-8-14-27(23(28)21(15-18(2)3)26(6)25(30)31)22(16-19(4)5)24(29)32-17-20-12-10-9-11-13-20/h9-13,18-19,21-22H,7-8,14-17H2,1-6H3,(H,30,31)/t21-,22-/m0/s1. The van der Waals surface area contributed by atoms with Gasteiger partial charge in [-0.2, -0.15) is 0 Å². The first-order valence-corrected chi connectivity index (χ1v) is 11.5. The quantitative estimate of drug-likeness (QED) is 0.438. The third-order valence-electron chi connectivity index (χ3n) is 5.35. The predicted molar refractivity (Wildman–Crippen MR) is 125 cm³/mol. The second kappa shape index (κ2) is 13.8. The van der Waals surface area contributed by atoms with Crippen molar-refractivity contribution in [3.63, 3.8) is 0 Å². The molecule has 2 atom stereocenters. The maximum absolute atomic E-state index is 13.6. The molecule has 0 radical (unpaired) electrons. The summed E-state index contributed by atoms with van der Waals surface area (Å²) in [4.78, 5) is 41.1. The molecular formula is C25H40N2O5. The average molecular weight is 449 g/mol. The normalized spacial score (nSPS) is 13.0. The minimum Gasteiger partial charge on any atom is -0.465 e. The summed E-state index contributed by atoms with van der Waals surface area (Å²) in [6, 6.07) is 7.81. The fraction of sp³-hybridized carbons (Fsp3) is 0.640. The number of benzene rings is 1. The van der Waals surface area contributed by atoms with E-state index in [-0.39, 0.29) is 24.3 Å². The first-order chi connectivity index (χ1) is 15.1. The first kappa shape index (κ1) is 27.5. The third kappa shape index (κ3) is 8.89. The van der Waals surface area contributed by atoms with Crippen molar-refractivity contribution in [2.45, 2.75) is 79.0 Å². The minimum atomic E-state index is -1.16. The summed E-state index contributed by atoms with van der Waals surface area (Å²) < 4.78 is 5.61. The second-order valence-electron chi connectivity index (χ2n) is 9.16. The van der Waals surface area contributed by atoms with Gasteiger partial charge in [-0.1, -0.05) is 71.4 Å². The number of rotatable bonds is 13. The molecule has 0 saturated carbocycles. The lowest BCUT2D eigenvalue weighted by Gasteiger charge is -2.36. The van der Waals surface area contributed by atoms with E-state index in [1.807, 2.05) is 65.0 Å². The summed E-state index contributed by atoms with van der Waals surface area (Å²) in [5.74, 6) is -0.512. The first-order valence-electron chi connectivity index (χ1n) is 11.5. The van der Waals surface area contributed by atoms with Gasteiger partial charge >= 0.3 is 12.1 Å². The molecule has 0 aliphatic heterocycles. The highest BCUT2D eigenvalue weighted by molar-refractivity contribution is 5.89. The van der Waals surface area contributed by atoms with Gasteiger partial charge in [-0.05, 0) is 36.7 Å². The number of carboxylic acid groups (broad SMARTS) is 1. The van der Waals surface area contributed by atoms with Crippen molar-refractivity contribution in [1.29, 1.82) is 0 Å². The zero-order valence-electron chi connectivity index (χ0n) is 20.4. The monoisotopic (exact) mass is 448 g/mol. The topological polar surface area (TPSA) is 87.2 Å². The van der Waals surface area contributed by atoms with Gasteiger partial charge in [0.1, 0.15) is 18.7 Å². The fourth-order valence-corrected chi connectivity index (χ4v) is 3.57. The summed E-state index contributed by atoms with van der Waals surface area (Å²) in [6.07, 6.45) is 1.25. The maximum Gasteiger partial charge on any atom is 0.407 e. The molecule has 0 saturated heterocycles. The van der Waals surface area contributed by atoms with E-state index in [4.69, 9.17) is 4.74 Å². The number of esters is 1. The van der Waals surface area contributed by atoms with Crippen LogP contribution in [-0.2, 0) is 20.9 Å². The number of carbonyl (C=O) groups excluding carboxylic acids is 2. The number of hydrogen-bond donors (Lipinski definition) is 1. The van der Waals surface area contributed by atoms with Crippen LogP contribution < -0.4 is 0 Å². The lowest BCUT2D eigenvalue weighted by atomic mass is 9.97. The highest BCUT2D eigenvalue weighted by atomic mass is 16.5. The molecule has 0 bridgehead atoms. The molecule has 32 heavy (non-hydrogen) atoms. The Hall–Kier alpha value is -2.57. The molecule has 1 aromatic rings. The van der Waals surface area contributed by atoms with Gasteiger partial charge in [0.05, 0.1) is 0 Å². The Morgan fingerprint density at radius 1 is 0.969 bits per heavy atom. The Morgan fingerprint density at radius 3 is 2.03 bits per heavy atom. The lowest BCUT2D eigenvalue weighted by molar-refractivity contribution is -0.158. The molecule has 0 spiro atoms. The van der Waals surface area contributed by atoms with Crippen molar-refractivity contribution in [3.8, 4) is 0 Å². The molecule has 0 unspecified atom stereocenters. The minimum absolute atomic E-state index is 0.118. The molecule has 2 amide bonds. The molecule has 0 aliphatic rings. The number of ether oxygens (including phenoxy) is 1. The van der Waals surface area contributed by atoms with Gasteiger partial charge in [0.2, 0.25) is 5.91 Å².